The van der Waals surface area contributed by atoms with Crippen LogP contribution in [0.25, 0.3) is 100 Å². The highest BCUT2D eigenvalue weighted by Crippen LogP contribution is 2.47. The van der Waals surface area contributed by atoms with Gasteiger partial charge >= 0.3 is 0 Å². The molecule has 0 fully saturated rings. The summed E-state index contributed by atoms with van der Waals surface area (Å²) in [6.07, 6.45) is 0. The molecule has 0 aliphatic rings. The minimum Gasteiger partial charge on any atom is -0.457 e. The van der Waals surface area contributed by atoms with Crippen LogP contribution in [0.5, 0.6) is 11.5 Å². The molecule has 12 rings (SSSR count). The van der Waals surface area contributed by atoms with Crippen molar-refractivity contribution in [1.82, 2.24) is 19.1 Å². The normalized spacial score (nSPS) is 12.3. The summed E-state index contributed by atoms with van der Waals surface area (Å²) in [5.74, 6) is 3.86. The average Bonchev–Trinajstić information content (AvgIpc) is 4.13. The first-order valence-electron chi connectivity index (χ1n) is 24.3. The molecule has 0 radical (unpaired) electrons. The molecule has 0 aliphatic carbocycles. The largest absolute Gasteiger partial charge is 0.457 e. The number of furan rings is 2. The van der Waals surface area contributed by atoms with E-state index in [1.54, 1.807) is 0 Å². The van der Waals surface area contributed by atoms with Crippen molar-refractivity contribution < 1.29 is 13.6 Å². The lowest BCUT2D eigenvalue weighted by molar-refractivity contribution is 0.483. The molecule has 8 aromatic carbocycles. The summed E-state index contributed by atoms with van der Waals surface area (Å²) >= 11 is 0. The summed E-state index contributed by atoms with van der Waals surface area (Å²) in [6, 6.07) is 54.9. The van der Waals surface area contributed by atoms with Gasteiger partial charge in [-0.15, -0.1) is 0 Å². The summed E-state index contributed by atoms with van der Waals surface area (Å²) in [5.41, 5.74) is 16.5. The molecule has 0 aliphatic heterocycles. The predicted molar refractivity (Wildman–Crippen MR) is 284 cm³/mol. The molecule has 12 aromatic rings. The number of ether oxygens (including phenoxy) is 1. The number of hydrogen-bond donors (Lipinski definition) is 0. The number of aromatic nitrogens is 4. The fourth-order valence-corrected chi connectivity index (χ4v) is 10.7. The highest BCUT2D eigenvalue weighted by atomic mass is 16.5. The van der Waals surface area contributed by atoms with E-state index in [1.165, 1.54) is 22.3 Å². The molecule has 0 N–H and O–H groups in total. The third-order valence-corrected chi connectivity index (χ3v) is 13.8. The van der Waals surface area contributed by atoms with Gasteiger partial charge in [-0.3, -0.25) is 9.13 Å². The van der Waals surface area contributed by atoms with Crippen molar-refractivity contribution in [3.05, 3.63) is 180 Å². The number of benzene rings is 8. The maximum atomic E-state index is 6.87. The number of para-hydroxylation sites is 6. The van der Waals surface area contributed by atoms with Crippen LogP contribution in [0.1, 0.15) is 101 Å². The Morgan fingerprint density at radius 3 is 1.23 bits per heavy atom. The van der Waals surface area contributed by atoms with E-state index in [9.17, 15) is 0 Å². The van der Waals surface area contributed by atoms with E-state index in [1.807, 2.05) is 24.3 Å². The Morgan fingerprint density at radius 2 is 0.812 bits per heavy atom. The zero-order chi connectivity index (χ0) is 47.2. The number of fused-ring (bicyclic) bond motifs is 8. The van der Waals surface area contributed by atoms with Crippen LogP contribution in [0, 0.1) is 0 Å². The van der Waals surface area contributed by atoms with Gasteiger partial charge in [0.25, 0.3) is 0 Å². The van der Waals surface area contributed by atoms with E-state index in [0.29, 0.717) is 11.5 Å². The van der Waals surface area contributed by atoms with Crippen molar-refractivity contribution in [1.29, 1.82) is 0 Å². The highest BCUT2D eigenvalue weighted by Gasteiger charge is 2.29. The Labute approximate surface area is 401 Å². The van der Waals surface area contributed by atoms with Crippen LogP contribution in [0.4, 0.5) is 0 Å². The van der Waals surface area contributed by atoms with E-state index >= 15 is 0 Å². The van der Waals surface area contributed by atoms with Crippen LogP contribution in [0.2, 0.25) is 0 Å². The Balaban J connectivity index is 0.997. The average molecular weight is 903 g/mol. The quantitative estimate of drug-likeness (QED) is 0.137. The molecule has 4 aromatic heterocycles. The highest BCUT2D eigenvalue weighted by molar-refractivity contribution is 6.09. The summed E-state index contributed by atoms with van der Waals surface area (Å²) in [5, 5.41) is 4.56. The molecule has 0 bridgehead atoms. The molecule has 7 nitrogen and oxygen atoms in total. The Kier molecular flexibility index (Phi) is 10.1. The van der Waals surface area contributed by atoms with E-state index < -0.39 is 0 Å². The van der Waals surface area contributed by atoms with Crippen LogP contribution in [0.15, 0.2) is 167 Å². The molecule has 7 heteroatoms. The summed E-state index contributed by atoms with van der Waals surface area (Å²) < 4.78 is 25.1. The standard InChI is InChI=1S/C62H54N4O3/c1-35(2)45-33-47-43-23-9-15-29-53(43)68-59(47)55(37(5)6)57(45)65-51-27-13-11-25-49(51)63-61(65)39-19-17-21-41(31-39)67-42-22-18-20-40(32-42)62-64-50-26-12-14-28-52(50)66(62)58-46(36(3)4)34-48-44-24-10-16-30-54(44)69-60(48)56(58)38(7)8/h9-38H,1-8H3. The molecule has 0 unspecified atom stereocenters. The first-order chi connectivity index (χ1) is 33.5. The third kappa shape index (κ3) is 6.85. The fourth-order valence-electron chi connectivity index (χ4n) is 10.7. The van der Waals surface area contributed by atoms with Gasteiger partial charge in [-0.05, 0) is 108 Å². The number of rotatable bonds is 10. The molecule has 69 heavy (non-hydrogen) atoms. The Bertz CT molecular complexity index is 3710. The maximum absolute atomic E-state index is 6.87. The van der Waals surface area contributed by atoms with E-state index in [0.717, 1.165) is 100 Å². The van der Waals surface area contributed by atoms with Crippen molar-refractivity contribution in [3.63, 3.8) is 0 Å². The number of hydrogen-bond acceptors (Lipinski definition) is 5. The molecule has 0 amide bonds. The fraction of sp³-hybridized carbons (Fsp3) is 0.194. The Hall–Kier alpha value is -7.90. The number of nitrogens with zero attached hydrogens (tertiary/aromatic N) is 4. The molecular weight excluding hydrogens is 849 g/mol. The second-order valence-corrected chi connectivity index (χ2v) is 19.7. The molecule has 0 saturated carbocycles. The zero-order valence-electron chi connectivity index (χ0n) is 40.3. The molecule has 340 valence electrons. The van der Waals surface area contributed by atoms with Crippen molar-refractivity contribution in [2.45, 2.75) is 79.1 Å². The van der Waals surface area contributed by atoms with Gasteiger partial charge in [-0.25, -0.2) is 9.97 Å². The summed E-state index contributed by atoms with van der Waals surface area (Å²) in [4.78, 5) is 10.7. The molecule has 0 atom stereocenters. The molecule has 0 saturated heterocycles. The van der Waals surface area contributed by atoms with Crippen LogP contribution >= 0.6 is 0 Å². The van der Waals surface area contributed by atoms with E-state index in [-0.39, 0.29) is 23.7 Å². The van der Waals surface area contributed by atoms with Gasteiger partial charge in [0.05, 0.1) is 33.4 Å². The van der Waals surface area contributed by atoms with Crippen LogP contribution in [0.3, 0.4) is 0 Å². The second-order valence-electron chi connectivity index (χ2n) is 19.7. The lowest BCUT2D eigenvalue weighted by Crippen LogP contribution is -2.09. The van der Waals surface area contributed by atoms with Gasteiger partial charge in [0.15, 0.2) is 0 Å². The van der Waals surface area contributed by atoms with E-state index in [2.05, 4.69) is 198 Å². The van der Waals surface area contributed by atoms with Gasteiger partial charge in [0, 0.05) is 43.8 Å². The summed E-state index contributed by atoms with van der Waals surface area (Å²) in [7, 11) is 0. The summed E-state index contributed by atoms with van der Waals surface area (Å²) in [6.45, 7) is 18.2. The lowest BCUT2D eigenvalue weighted by Gasteiger charge is -2.23. The monoisotopic (exact) mass is 902 g/mol. The maximum Gasteiger partial charge on any atom is 0.145 e. The van der Waals surface area contributed by atoms with Gasteiger partial charge in [0.2, 0.25) is 0 Å². The van der Waals surface area contributed by atoms with Crippen molar-refractivity contribution in [2.24, 2.45) is 0 Å². The lowest BCUT2D eigenvalue weighted by atomic mass is 9.89. The van der Waals surface area contributed by atoms with Gasteiger partial charge in [-0.1, -0.05) is 140 Å². The molecule has 4 heterocycles. The van der Waals surface area contributed by atoms with Gasteiger partial charge in [0.1, 0.15) is 45.5 Å². The first kappa shape index (κ1) is 42.5. The predicted octanol–water partition coefficient (Wildman–Crippen LogP) is 17.8. The molecular formula is C62H54N4O3. The van der Waals surface area contributed by atoms with Crippen molar-refractivity contribution in [2.75, 3.05) is 0 Å². The SMILES string of the molecule is CC(C)c1cc2c(oc3ccccc32)c(C(C)C)c1-n1c(-c2cccc(Oc3cccc(-c4nc5ccccc5n4-c4c(C(C)C)cc5c(oc6ccccc65)c4C(C)C)c3)c2)nc2ccccc21. The zero-order valence-corrected chi connectivity index (χ0v) is 40.3. The topological polar surface area (TPSA) is 71.2 Å². The second kappa shape index (κ2) is 16.4. The van der Waals surface area contributed by atoms with Gasteiger partial charge in [-0.2, -0.15) is 0 Å². The smallest absolute Gasteiger partial charge is 0.145 e. The van der Waals surface area contributed by atoms with E-state index in [4.69, 9.17) is 23.5 Å². The van der Waals surface area contributed by atoms with Crippen LogP contribution in [-0.4, -0.2) is 19.1 Å². The van der Waals surface area contributed by atoms with Crippen molar-refractivity contribution >= 4 is 65.9 Å². The van der Waals surface area contributed by atoms with Crippen LogP contribution < -0.4 is 4.74 Å². The minimum absolute atomic E-state index is 0.160. The third-order valence-electron chi connectivity index (χ3n) is 13.8. The minimum atomic E-state index is 0.160. The molecule has 0 spiro atoms. The van der Waals surface area contributed by atoms with Crippen LogP contribution in [-0.2, 0) is 0 Å². The Morgan fingerprint density at radius 1 is 0.406 bits per heavy atom. The van der Waals surface area contributed by atoms with Crippen molar-refractivity contribution in [3.8, 4) is 45.6 Å². The first-order valence-corrected chi connectivity index (χ1v) is 24.3. The number of imidazole rings is 2. The van der Waals surface area contributed by atoms with Gasteiger partial charge < -0.3 is 13.6 Å².